The SMILES string of the molecule is CO[C@H](c1ncc(Cl)cn1)[C@H](C)S(=O)(=O)Nc1nnc([C@@H]2CCCOC2)n1C1(C)CC1.CO[C@H](c1ncc(Cl)cn1)[C@H](C)S(=O)(=O)Nc1nnc([C@H]2CCCOC2)n1C1(C)CC1. The highest BCUT2D eigenvalue weighted by atomic mass is 35.5. The number of aromatic nitrogens is 10. The maximum absolute atomic E-state index is 13.2. The van der Waals surface area contributed by atoms with Crippen LogP contribution in [0.15, 0.2) is 24.8 Å². The number of hydrogen-bond donors (Lipinski definition) is 2. The van der Waals surface area contributed by atoms with Gasteiger partial charge in [0, 0.05) is 75.1 Å². The van der Waals surface area contributed by atoms with Gasteiger partial charge in [0.15, 0.2) is 11.6 Å². The summed E-state index contributed by atoms with van der Waals surface area (Å²) in [6, 6.07) is 0. The van der Waals surface area contributed by atoms with Gasteiger partial charge in [0.25, 0.3) is 0 Å². The zero-order valence-corrected chi connectivity index (χ0v) is 38.7. The number of methoxy groups -OCH3 is 2. The van der Waals surface area contributed by atoms with E-state index in [0.29, 0.717) is 23.3 Å². The predicted octanol–water partition coefficient (Wildman–Crippen LogP) is 5.28. The summed E-state index contributed by atoms with van der Waals surface area (Å²) in [7, 11) is -4.96. The first-order valence-electron chi connectivity index (χ1n) is 20.6. The molecule has 2 saturated heterocycles. The van der Waals surface area contributed by atoms with E-state index in [-0.39, 0.29) is 46.5 Å². The Labute approximate surface area is 371 Å². The number of sulfonamides is 2. The van der Waals surface area contributed by atoms with Gasteiger partial charge < -0.3 is 18.9 Å². The summed E-state index contributed by atoms with van der Waals surface area (Å²) in [6.07, 6.45) is 11.4. The number of halogens is 2. The lowest BCUT2D eigenvalue weighted by Gasteiger charge is -2.26. The van der Waals surface area contributed by atoms with Crippen LogP contribution in [-0.2, 0) is 50.1 Å². The first-order chi connectivity index (χ1) is 29.5. The average Bonchev–Trinajstić information content (AvgIpc) is 4.09. The zero-order chi connectivity index (χ0) is 44.5. The molecule has 0 unspecified atom stereocenters. The van der Waals surface area contributed by atoms with Crippen LogP contribution in [0.5, 0.6) is 0 Å². The molecule has 62 heavy (non-hydrogen) atoms. The van der Waals surface area contributed by atoms with Crippen molar-refractivity contribution in [1.29, 1.82) is 0 Å². The van der Waals surface area contributed by atoms with Gasteiger partial charge in [0.1, 0.15) is 34.4 Å². The molecule has 24 heteroatoms. The Bertz CT molecular complexity index is 2200. The first kappa shape index (κ1) is 46.4. The van der Waals surface area contributed by atoms with E-state index in [1.165, 1.54) is 39.0 Å². The van der Waals surface area contributed by atoms with E-state index in [9.17, 15) is 16.8 Å². The van der Waals surface area contributed by atoms with Gasteiger partial charge in [-0.1, -0.05) is 23.2 Å². The molecule has 6 atom stereocenters. The fraction of sp³-hybridized carbons (Fsp3) is 0.684. The van der Waals surface area contributed by atoms with Crippen molar-refractivity contribution in [2.45, 2.75) is 125 Å². The topological polar surface area (TPSA) is 242 Å². The summed E-state index contributed by atoms with van der Waals surface area (Å²) in [5.74, 6) is 2.66. The molecule has 2 aliphatic carbocycles. The molecule has 340 valence electrons. The average molecular weight is 942 g/mol. The van der Waals surface area contributed by atoms with Crippen LogP contribution in [0.2, 0.25) is 10.0 Å². The number of nitrogens with one attached hydrogen (secondary N) is 2. The number of rotatable bonds is 16. The van der Waals surface area contributed by atoms with E-state index in [0.717, 1.165) is 76.2 Å². The van der Waals surface area contributed by atoms with Gasteiger partial charge in [0.2, 0.25) is 31.9 Å². The maximum atomic E-state index is 13.2. The predicted molar refractivity (Wildman–Crippen MR) is 229 cm³/mol. The van der Waals surface area contributed by atoms with Gasteiger partial charge >= 0.3 is 0 Å². The number of nitrogens with zero attached hydrogens (tertiary/aromatic N) is 10. The van der Waals surface area contributed by atoms with Crippen LogP contribution < -0.4 is 9.44 Å². The van der Waals surface area contributed by atoms with Crippen molar-refractivity contribution in [3.63, 3.8) is 0 Å². The van der Waals surface area contributed by atoms with Crippen LogP contribution in [0.25, 0.3) is 0 Å². The molecule has 2 N–H and O–H groups in total. The third-order valence-electron chi connectivity index (χ3n) is 12.1. The van der Waals surface area contributed by atoms with Crippen LogP contribution in [0.3, 0.4) is 0 Å². The standard InChI is InChI=1S/2C19H27ClN6O4S/c2*1-12(15(29-3)16-21-9-14(20)10-22-16)31(27,28)25-18-24-23-17(13-5-4-8-30-11-13)26(18)19(2)6-7-19/h2*9-10,12-13,15H,4-8,11H2,1-3H3,(H,24,25)/t12-,13+,15-;12-,13-,15-/m00/s1. The van der Waals surface area contributed by atoms with Crippen molar-refractivity contribution in [2.24, 2.45) is 0 Å². The van der Waals surface area contributed by atoms with Crippen LogP contribution >= 0.6 is 23.2 Å². The molecule has 0 amide bonds. The Kier molecular flexibility index (Phi) is 14.1. The van der Waals surface area contributed by atoms with Gasteiger partial charge in [-0.3, -0.25) is 18.6 Å². The van der Waals surface area contributed by atoms with Crippen LogP contribution in [0.1, 0.15) is 126 Å². The summed E-state index contributed by atoms with van der Waals surface area (Å²) >= 11 is 11.7. The molecule has 8 rings (SSSR count). The maximum Gasteiger partial charge on any atom is 0.240 e. The molecule has 4 aromatic heterocycles. The summed E-state index contributed by atoms with van der Waals surface area (Å²) in [5.41, 5.74) is -0.394. The minimum Gasteiger partial charge on any atom is -0.381 e. The molecule has 6 heterocycles. The minimum atomic E-state index is -3.90. The van der Waals surface area contributed by atoms with Gasteiger partial charge in [-0.25, -0.2) is 36.8 Å². The third kappa shape index (κ3) is 10.2. The van der Waals surface area contributed by atoms with Crippen molar-refractivity contribution < 1.29 is 35.8 Å². The molecule has 2 saturated carbocycles. The highest BCUT2D eigenvalue weighted by molar-refractivity contribution is 7.93. The van der Waals surface area contributed by atoms with Crippen LogP contribution in [-0.4, -0.2) is 117 Å². The van der Waals surface area contributed by atoms with E-state index in [2.05, 4.69) is 63.6 Å². The molecule has 0 aromatic carbocycles. The van der Waals surface area contributed by atoms with Crippen LogP contribution in [0, 0.1) is 0 Å². The Balaban J connectivity index is 0.000000186. The molecule has 0 bridgehead atoms. The number of anilines is 2. The van der Waals surface area contributed by atoms with Crippen molar-refractivity contribution in [3.05, 3.63) is 58.1 Å². The molecule has 4 aromatic rings. The molecular formula is C38H54Cl2N12O8S2. The second kappa shape index (κ2) is 18.8. The van der Waals surface area contributed by atoms with Crippen molar-refractivity contribution >= 4 is 55.1 Å². The van der Waals surface area contributed by atoms with E-state index in [1.54, 1.807) is 13.8 Å². The molecule has 0 spiro atoms. The Morgan fingerprint density at radius 3 is 1.31 bits per heavy atom. The smallest absolute Gasteiger partial charge is 0.240 e. The molecule has 2 aliphatic heterocycles. The Morgan fingerprint density at radius 2 is 1.02 bits per heavy atom. The van der Waals surface area contributed by atoms with Crippen LogP contribution in [0.4, 0.5) is 11.9 Å². The number of ether oxygens (including phenoxy) is 4. The van der Waals surface area contributed by atoms with Gasteiger partial charge in [-0.15, -0.1) is 20.4 Å². The lowest BCUT2D eigenvalue weighted by atomic mass is 10.0. The lowest BCUT2D eigenvalue weighted by Crippen LogP contribution is -2.34. The van der Waals surface area contributed by atoms with E-state index < -0.39 is 42.8 Å². The van der Waals surface area contributed by atoms with E-state index in [1.807, 2.05) is 9.13 Å². The normalized spacial score (nSPS) is 22.6. The van der Waals surface area contributed by atoms with Gasteiger partial charge in [-0.2, -0.15) is 0 Å². The molecule has 4 fully saturated rings. The first-order valence-corrected chi connectivity index (χ1v) is 24.5. The highest BCUT2D eigenvalue weighted by Crippen LogP contribution is 2.48. The highest BCUT2D eigenvalue weighted by Gasteiger charge is 2.47. The molecular weight excluding hydrogens is 888 g/mol. The Morgan fingerprint density at radius 1 is 0.661 bits per heavy atom. The van der Waals surface area contributed by atoms with Gasteiger partial charge in [0.05, 0.1) is 23.3 Å². The summed E-state index contributed by atoms with van der Waals surface area (Å²) in [6.45, 7) is 9.88. The molecule has 4 aliphatic rings. The quantitative estimate of drug-likeness (QED) is 0.145. The summed E-state index contributed by atoms with van der Waals surface area (Å²) in [4.78, 5) is 16.5. The Hall–Kier alpha value is -3.64. The fourth-order valence-corrected chi connectivity index (χ4v) is 10.2. The van der Waals surface area contributed by atoms with Crippen molar-refractivity contribution in [1.82, 2.24) is 49.5 Å². The van der Waals surface area contributed by atoms with Gasteiger partial charge in [-0.05, 0) is 79.1 Å². The lowest BCUT2D eigenvalue weighted by molar-refractivity contribution is 0.0763. The second-order valence-electron chi connectivity index (χ2n) is 16.8. The summed E-state index contributed by atoms with van der Waals surface area (Å²) < 4.78 is 84.3. The molecule has 20 nitrogen and oxygen atoms in total. The van der Waals surface area contributed by atoms with E-state index in [4.69, 9.17) is 42.1 Å². The monoisotopic (exact) mass is 940 g/mol. The second-order valence-corrected chi connectivity index (χ2v) is 21.7. The zero-order valence-electron chi connectivity index (χ0n) is 35.6. The van der Waals surface area contributed by atoms with E-state index >= 15 is 0 Å². The minimum absolute atomic E-state index is 0.101. The molecule has 0 radical (unpaired) electrons. The fourth-order valence-electron chi connectivity index (χ4n) is 7.73. The largest absolute Gasteiger partial charge is 0.381 e. The van der Waals surface area contributed by atoms with Crippen molar-refractivity contribution in [2.75, 3.05) is 50.1 Å². The third-order valence-corrected chi connectivity index (χ3v) is 15.8. The van der Waals surface area contributed by atoms with Crippen molar-refractivity contribution in [3.8, 4) is 0 Å². The number of hydrogen-bond acceptors (Lipinski definition) is 16. The summed E-state index contributed by atoms with van der Waals surface area (Å²) in [5, 5.41) is 15.9.